The summed E-state index contributed by atoms with van der Waals surface area (Å²) < 4.78 is 11.3. The first kappa shape index (κ1) is 26.0. The summed E-state index contributed by atoms with van der Waals surface area (Å²) in [6.07, 6.45) is 9.17. The van der Waals surface area contributed by atoms with Crippen molar-refractivity contribution in [2.45, 2.75) is 45.4 Å². The number of unbranched alkanes of at least 4 members (excludes halogenated alkanes) is 5. The Balaban J connectivity index is 1.44. The van der Waals surface area contributed by atoms with Crippen molar-refractivity contribution in [2.75, 3.05) is 25.6 Å². The van der Waals surface area contributed by atoms with Crippen molar-refractivity contribution in [1.29, 1.82) is 0 Å². The molecule has 3 aromatic rings. The van der Waals surface area contributed by atoms with Gasteiger partial charge < -0.3 is 14.4 Å². The second kappa shape index (κ2) is 14.0. The summed E-state index contributed by atoms with van der Waals surface area (Å²) in [5.74, 6) is 0.871. The summed E-state index contributed by atoms with van der Waals surface area (Å²) in [6.45, 7) is 2.93. The molecule has 0 heterocycles. The van der Waals surface area contributed by atoms with Gasteiger partial charge >= 0.3 is 5.97 Å². The van der Waals surface area contributed by atoms with Crippen LogP contribution in [0.5, 0.6) is 11.5 Å². The van der Waals surface area contributed by atoms with Crippen LogP contribution in [0.3, 0.4) is 0 Å². The number of esters is 1. The van der Waals surface area contributed by atoms with Gasteiger partial charge in [-0.15, -0.1) is 0 Å². The third-order valence-electron chi connectivity index (χ3n) is 5.68. The number of benzene rings is 3. The lowest BCUT2D eigenvalue weighted by molar-refractivity contribution is 0.0734. The SMILES string of the molecule is CCCCCCCCOc1ccc(C(=O)Oc2ccc(C=Nc3ccc(N(C)C)cc3)cc2)cc1. The Bertz CT molecular complexity index is 1060. The minimum Gasteiger partial charge on any atom is -0.494 e. The van der Waals surface area contributed by atoms with Gasteiger partial charge in [0.15, 0.2) is 0 Å². The van der Waals surface area contributed by atoms with Crippen LogP contribution in [0, 0.1) is 0 Å². The molecule has 0 bridgehead atoms. The van der Waals surface area contributed by atoms with Gasteiger partial charge in [0, 0.05) is 26.0 Å². The molecule has 0 aliphatic heterocycles. The highest BCUT2D eigenvalue weighted by molar-refractivity contribution is 5.91. The maximum Gasteiger partial charge on any atom is 0.343 e. The van der Waals surface area contributed by atoms with Gasteiger partial charge in [0.1, 0.15) is 11.5 Å². The number of carbonyl (C=O) groups excluding carboxylic acids is 1. The molecule has 0 saturated heterocycles. The molecular formula is C30H36N2O3. The first-order valence-corrected chi connectivity index (χ1v) is 12.4. The number of hydrogen-bond acceptors (Lipinski definition) is 5. The van der Waals surface area contributed by atoms with Crippen LogP contribution in [0.2, 0.25) is 0 Å². The molecule has 0 amide bonds. The highest BCUT2D eigenvalue weighted by Crippen LogP contribution is 2.19. The van der Waals surface area contributed by atoms with Crippen LogP contribution in [0.25, 0.3) is 0 Å². The lowest BCUT2D eigenvalue weighted by Crippen LogP contribution is -2.08. The van der Waals surface area contributed by atoms with Crippen molar-refractivity contribution in [3.05, 3.63) is 83.9 Å². The Morgan fingerprint density at radius 3 is 2.09 bits per heavy atom. The first-order chi connectivity index (χ1) is 17.0. The first-order valence-electron chi connectivity index (χ1n) is 12.4. The van der Waals surface area contributed by atoms with Crippen molar-refractivity contribution >= 4 is 23.6 Å². The fourth-order valence-electron chi connectivity index (χ4n) is 3.53. The van der Waals surface area contributed by atoms with E-state index in [1.165, 1.54) is 32.1 Å². The highest BCUT2D eigenvalue weighted by atomic mass is 16.5. The maximum absolute atomic E-state index is 12.5. The topological polar surface area (TPSA) is 51.1 Å². The molecule has 184 valence electrons. The molecule has 0 radical (unpaired) electrons. The molecule has 3 rings (SSSR count). The summed E-state index contributed by atoms with van der Waals surface area (Å²) in [6, 6.07) is 22.4. The predicted molar refractivity (Wildman–Crippen MR) is 145 cm³/mol. The highest BCUT2D eigenvalue weighted by Gasteiger charge is 2.09. The van der Waals surface area contributed by atoms with E-state index in [0.717, 1.165) is 29.1 Å². The van der Waals surface area contributed by atoms with Crippen LogP contribution in [-0.2, 0) is 0 Å². The van der Waals surface area contributed by atoms with Crippen LogP contribution in [0.1, 0.15) is 61.4 Å². The number of carbonyl (C=O) groups is 1. The molecule has 35 heavy (non-hydrogen) atoms. The van der Waals surface area contributed by atoms with Crippen molar-refractivity contribution in [3.63, 3.8) is 0 Å². The van der Waals surface area contributed by atoms with Gasteiger partial charge in [-0.3, -0.25) is 4.99 Å². The number of aliphatic imine (C=N–C) groups is 1. The molecule has 5 nitrogen and oxygen atoms in total. The average molecular weight is 473 g/mol. The maximum atomic E-state index is 12.5. The summed E-state index contributed by atoms with van der Waals surface area (Å²) in [5, 5.41) is 0. The zero-order valence-corrected chi connectivity index (χ0v) is 21.1. The number of rotatable bonds is 13. The van der Waals surface area contributed by atoms with Gasteiger partial charge in [-0.2, -0.15) is 0 Å². The lowest BCUT2D eigenvalue weighted by atomic mass is 10.1. The van der Waals surface area contributed by atoms with E-state index in [2.05, 4.69) is 11.9 Å². The Morgan fingerprint density at radius 2 is 1.43 bits per heavy atom. The predicted octanol–water partition coefficient (Wildman–Crippen LogP) is 7.46. The van der Waals surface area contributed by atoms with E-state index >= 15 is 0 Å². The molecule has 0 aliphatic carbocycles. The summed E-state index contributed by atoms with van der Waals surface area (Å²) in [4.78, 5) is 19.0. The third-order valence-corrected chi connectivity index (χ3v) is 5.68. The average Bonchev–Trinajstić information content (AvgIpc) is 2.88. The zero-order chi connectivity index (χ0) is 24.9. The van der Waals surface area contributed by atoms with Crippen molar-refractivity contribution < 1.29 is 14.3 Å². The van der Waals surface area contributed by atoms with Crippen molar-refractivity contribution in [3.8, 4) is 11.5 Å². The van der Waals surface area contributed by atoms with Gasteiger partial charge in [0.25, 0.3) is 0 Å². The molecule has 0 aliphatic rings. The van der Waals surface area contributed by atoms with E-state index < -0.39 is 5.97 Å². The number of anilines is 1. The largest absolute Gasteiger partial charge is 0.494 e. The van der Waals surface area contributed by atoms with E-state index in [1.54, 1.807) is 30.5 Å². The quantitative estimate of drug-likeness (QED) is 0.112. The lowest BCUT2D eigenvalue weighted by Gasteiger charge is -2.11. The molecule has 0 fully saturated rings. The molecular weight excluding hydrogens is 436 g/mol. The molecule has 0 aromatic heterocycles. The number of ether oxygens (including phenoxy) is 2. The van der Waals surface area contributed by atoms with Gasteiger partial charge in [0.05, 0.1) is 17.9 Å². The second-order valence-electron chi connectivity index (χ2n) is 8.77. The summed E-state index contributed by atoms with van der Waals surface area (Å²) >= 11 is 0. The molecule has 5 heteroatoms. The smallest absolute Gasteiger partial charge is 0.343 e. The van der Waals surface area contributed by atoms with Gasteiger partial charge in [-0.25, -0.2) is 4.79 Å². The molecule has 0 unspecified atom stereocenters. The minimum atomic E-state index is -0.394. The zero-order valence-electron chi connectivity index (χ0n) is 21.1. The molecule has 0 N–H and O–H groups in total. The van der Waals surface area contributed by atoms with Gasteiger partial charge in [0.2, 0.25) is 0 Å². The van der Waals surface area contributed by atoms with E-state index in [4.69, 9.17) is 9.47 Å². The number of nitrogens with zero attached hydrogens (tertiary/aromatic N) is 2. The molecule has 0 saturated carbocycles. The van der Waals surface area contributed by atoms with Crippen LogP contribution in [0.15, 0.2) is 77.8 Å². The van der Waals surface area contributed by atoms with Crippen molar-refractivity contribution in [1.82, 2.24) is 0 Å². The summed E-state index contributed by atoms with van der Waals surface area (Å²) in [5.41, 5.74) is 3.42. The van der Waals surface area contributed by atoms with E-state index in [9.17, 15) is 4.79 Å². The van der Waals surface area contributed by atoms with E-state index in [1.807, 2.05) is 67.5 Å². The van der Waals surface area contributed by atoms with Gasteiger partial charge in [-0.1, -0.05) is 39.0 Å². The molecule has 0 spiro atoms. The van der Waals surface area contributed by atoms with E-state index in [-0.39, 0.29) is 0 Å². The third kappa shape index (κ3) is 8.93. The Kier molecular flexibility index (Phi) is 10.4. The Morgan fingerprint density at radius 1 is 0.800 bits per heavy atom. The Labute approximate surface area is 209 Å². The Hall–Kier alpha value is -3.60. The second-order valence-corrected chi connectivity index (χ2v) is 8.77. The van der Waals surface area contributed by atoms with Crippen LogP contribution in [-0.4, -0.2) is 32.9 Å². The standard InChI is InChI=1S/C30H36N2O3/c1-4-5-6-7-8-9-22-34-28-20-12-25(13-21-28)30(33)35-29-18-10-24(11-19-29)23-31-26-14-16-27(17-15-26)32(2)3/h10-21,23H,4-9,22H2,1-3H3. The molecule has 0 atom stereocenters. The number of hydrogen-bond donors (Lipinski definition) is 0. The monoisotopic (exact) mass is 472 g/mol. The van der Waals surface area contributed by atoms with E-state index in [0.29, 0.717) is 17.9 Å². The van der Waals surface area contributed by atoms with Crippen LogP contribution >= 0.6 is 0 Å². The summed E-state index contributed by atoms with van der Waals surface area (Å²) in [7, 11) is 4.02. The van der Waals surface area contributed by atoms with Gasteiger partial charge in [-0.05, 0) is 84.8 Å². The normalized spacial score (nSPS) is 10.9. The van der Waals surface area contributed by atoms with Crippen LogP contribution < -0.4 is 14.4 Å². The van der Waals surface area contributed by atoms with Crippen molar-refractivity contribution in [2.24, 2.45) is 4.99 Å². The minimum absolute atomic E-state index is 0.394. The van der Waals surface area contributed by atoms with Crippen LogP contribution in [0.4, 0.5) is 11.4 Å². The fourth-order valence-corrected chi connectivity index (χ4v) is 3.53. The molecule has 3 aromatic carbocycles. The fraction of sp³-hybridized carbons (Fsp3) is 0.333.